The molecule has 0 radical (unpaired) electrons. The minimum Gasteiger partial charge on any atom is -0.304 e. The average Bonchev–Trinajstić information content (AvgIpc) is 2.20. The molecule has 14 heavy (non-hydrogen) atoms. The first kappa shape index (κ1) is 9.57. The SMILES string of the molecule is O=C1C=NCCN1c1ccc(I)nc1. The van der Waals surface area contributed by atoms with Crippen LogP contribution in [0.2, 0.25) is 0 Å². The molecule has 0 atom stereocenters. The van der Waals surface area contributed by atoms with E-state index < -0.39 is 0 Å². The summed E-state index contributed by atoms with van der Waals surface area (Å²) < 4.78 is 0.921. The second-order valence-electron chi connectivity index (χ2n) is 2.86. The van der Waals surface area contributed by atoms with Crippen molar-refractivity contribution >= 4 is 40.4 Å². The predicted molar refractivity (Wildman–Crippen MR) is 62.7 cm³/mol. The zero-order valence-corrected chi connectivity index (χ0v) is 9.51. The molecule has 0 aromatic carbocycles. The number of rotatable bonds is 1. The van der Waals surface area contributed by atoms with E-state index >= 15 is 0 Å². The van der Waals surface area contributed by atoms with Crippen LogP contribution in [0.25, 0.3) is 0 Å². The van der Waals surface area contributed by atoms with Crippen LogP contribution in [0.5, 0.6) is 0 Å². The molecule has 72 valence electrons. The van der Waals surface area contributed by atoms with Gasteiger partial charge in [-0.25, -0.2) is 4.98 Å². The molecule has 2 heterocycles. The normalized spacial score (nSPS) is 16.1. The van der Waals surface area contributed by atoms with E-state index in [0.717, 1.165) is 9.39 Å². The van der Waals surface area contributed by atoms with Crippen molar-refractivity contribution in [2.24, 2.45) is 4.99 Å². The summed E-state index contributed by atoms with van der Waals surface area (Å²) in [4.78, 5) is 21.2. The quantitative estimate of drug-likeness (QED) is 0.576. The number of hydrogen-bond acceptors (Lipinski definition) is 3. The van der Waals surface area contributed by atoms with Crippen molar-refractivity contribution in [1.82, 2.24) is 4.98 Å². The second kappa shape index (κ2) is 4.04. The van der Waals surface area contributed by atoms with E-state index in [4.69, 9.17) is 0 Å². The number of hydrogen-bond donors (Lipinski definition) is 0. The highest BCUT2D eigenvalue weighted by Crippen LogP contribution is 2.14. The fraction of sp³-hybridized carbons (Fsp3) is 0.222. The van der Waals surface area contributed by atoms with Gasteiger partial charge in [-0.15, -0.1) is 0 Å². The third-order valence-electron chi connectivity index (χ3n) is 1.94. The largest absolute Gasteiger partial charge is 0.304 e. The van der Waals surface area contributed by atoms with E-state index in [1.165, 1.54) is 6.21 Å². The highest BCUT2D eigenvalue weighted by atomic mass is 127. The summed E-state index contributed by atoms with van der Waals surface area (Å²) >= 11 is 2.13. The van der Waals surface area contributed by atoms with Crippen LogP contribution in [0.4, 0.5) is 5.69 Å². The Bertz CT molecular complexity index is 374. The van der Waals surface area contributed by atoms with Crippen LogP contribution in [0.1, 0.15) is 0 Å². The van der Waals surface area contributed by atoms with E-state index in [2.05, 4.69) is 32.6 Å². The monoisotopic (exact) mass is 301 g/mol. The van der Waals surface area contributed by atoms with E-state index in [1.807, 2.05) is 12.1 Å². The van der Waals surface area contributed by atoms with Crippen molar-refractivity contribution in [3.63, 3.8) is 0 Å². The van der Waals surface area contributed by atoms with Crippen molar-refractivity contribution < 1.29 is 4.79 Å². The van der Waals surface area contributed by atoms with Gasteiger partial charge in [0.15, 0.2) is 0 Å². The summed E-state index contributed by atoms with van der Waals surface area (Å²) in [5, 5.41) is 0. The molecular weight excluding hydrogens is 293 g/mol. The first-order chi connectivity index (χ1) is 6.77. The fourth-order valence-electron chi connectivity index (χ4n) is 1.26. The summed E-state index contributed by atoms with van der Waals surface area (Å²) in [7, 11) is 0. The maximum atomic E-state index is 11.4. The Morgan fingerprint density at radius 3 is 2.93 bits per heavy atom. The van der Waals surface area contributed by atoms with Crippen molar-refractivity contribution in [2.75, 3.05) is 18.0 Å². The van der Waals surface area contributed by atoms with Crippen molar-refractivity contribution in [2.45, 2.75) is 0 Å². The van der Waals surface area contributed by atoms with Gasteiger partial charge in [0.1, 0.15) is 3.70 Å². The number of amides is 1. The lowest BCUT2D eigenvalue weighted by Crippen LogP contribution is -2.37. The minimum absolute atomic E-state index is 0.0701. The second-order valence-corrected chi connectivity index (χ2v) is 3.97. The van der Waals surface area contributed by atoms with Gasteiger partial charge in [0.25, 0.3) is 5.91 Å². The highest BCUT2D eigenvalue weighted by molar-refractivity contribution is 14.1. The maximum absolute atomic E-state index is 11.4. The lowest BCUT2D eigenvalue weighted by Gasteiger charge is -2.22. The molecular formula is C9H8IN3O. The lowest BCUT2D eigenvalue weighted by molar-refractivity contribution is -0.112. The highest BCUT2D eigenvalue weighted by Gasteiger charge is 2.16. The molecule has 0 fully saturated rings. The Kier molecular flexibility index (Phi) is 2.76. The molecule has 0 saturated carbocycles. The predicted octanol–water partition coefficient (Wildman–Crippen LogP) is 1.10. The van der Waals surface area contributed by atoms with E-state index in [9.17, 15) is 4.79 Å². The molecule has 5 heteroatoms. The van der Waals surface area contributed by atoms with Gasteiger partial charge in [0.05, 0.1) is 24.6 Å². The fourth-order valence-corrected chi connectivity index (χ4v) is 1.58. The average molecular weight is 301 g/mol. The molecule has 1 aromatic heterocycles. The first-order valence-electron chi connectivity index (χ1n) is 4.20. The Morgan fingerprint density at radius 1 is 1.43 bits per heavy atom. The first-order valence-corrected chi connectivity index (χ1v) is 5.28. The van der Waals surface area contributed by atoms with Crippen LogP contribution >= 0.6 is 22.6 Å². The van der Waals surface area contributed by atoms with Crippen LogP contribution in [0.15, 0.2) is 23.3 Å². The van der Waals surface area contributed by atoms with Crippen LogP contribution in [0, 0.1) is 3.70 Å². The third kappa shape index (κ3) is 1.92. The summed E-state index contributed by atoms with van der Waals surface area (Å²) in [6.45, 7) is 1.30. The lowest BCUT2D eigenvalue weighted by atomic mass is 10.3. The topological polar surface area (TPSA) is 45.6 Å². The smallest absolute Gasteiger partial charge is 0.269 e. The molecule has 1 aromatic rings. The van der Waals surface area contributed by atoms with E-state index in [-0.39, 0.29) is 5.91 Å². The standard InChI is InChI=1S/C9H8IN3O/c10-8-2-1-7(5-12-8)13-4-3-11-6-9(13)14/h1-2,5-6H,3-4H2. The molecule has 0 aliphatic carbocycles. The number of anilines is 1. The summed E-state index contributed by atoms with van der Waals surface area (Å²) in [5.74, 6) is -0.0701. The number of halogens is 1. The summed E-state index contributed by atoms with van der Waals surface area (Å²) in [6, 6.07) is 3.78. The number of aliphatic imine (C=N–C) groups is 1. The molecule has 4 nitrogen and oxygen atoms in total. The zero-order valence-electron chi connectivity index (χ0n) is 7.35. The van der Waals surface area contributed by atoms with Gasteiger partial charge in [0.2, 0.25) is 0 Å². The van der Waals surface area contributed by atoms with Crippen LogP contribution in [0.3, 0.4) is 0 Å². The third-order valence-corrected chi connectivity index (χ3v) is 2.58. The molecule has 0 unspecified atom stereocenters. The van der Waals surface area contributed by atoms with Gasteiger partial charge in [-0.3, -0.25) is 9.79 Å². The van der Waals surface area contributed by atoms with Gasteiger partial charge < -0.3 is 4.90 Å². The molecule has 0 bridgehead atoms. The van der Waals surface area contributed by atoms with Gasteiger partial charge >= 0.3 is 0 Å². The Labute approximate surface area is 95.2 Å². The molecule has 1 amide bonds. The molecule has 0 saturated heterocycles. The Balaban J connectivity index is 2.26. The number of aromatic nitrogens is 1. The van der Waals surface area contributed by atoms with Gasteiger partial charge in [-0.05, 0) is 34.7 Å². The number of carbonyl (C=O) groups excluding carboxylic acids is 1. The Morgan fingerprint density at radius 2 is 2.29 bits per heavy atom. The van der Waals surface area contributed by atoms with Gasteiger partial charge in [-0.2, -0.15) is 0 Å². The minimum atomic E-state index is -0.0701. The summed E-state index contributed by atoms with van der Waals surface area (Å²) in [5.41, 5.74) is 0.835. The van der Waals surface area contributed by atoms with E-state index in [0.29, 0.717) is 13.1 Å². The van der Waals surface area contributed by atoms with Gasteiger partial charge in [0, 0.05) is 6.54 Å². The molecule has 0 N–H and O–H groups in total. The van der Waals surface area contributed by atoms with Crippen LogP contribution in [-0.2, 0) is 4.79 Å². The van der Waals surface area contributed by atoms with Gasteiger partial charge in [-0.1, -0.05) is 0 Å². The van der Waals surface area contributed by atoms with Crippen molar-refractivity contribution in [3.05, 3.63) is 22.0 Å². The van der Waals surface area contributed by atoms with E-state index in [1.54, 1.807) is 11.1 Å². The molecule has 1 aliphatic rings. The molecule has 0 spiro atoms. The molecule has 1 aliphatic heterocycles. The van der Waals surface area contributed by atoms with Crippen LogP contribution in [-0.4, -0.2) is 30.2 Å². The number of pyridine rings is 1. The number of carbonyl (C=O) groups is 1. The Hall–Kier alpha value is -0.980. The number of nitrogens with zero attached hydrogens (tertiary/aromatic N) is 3. The zero-order chi connectivity index (χ0) is 9.97. The molecule has 2 rings (SSSR count). The van der Waals surface area contributed by atoms with Crippen molar-refractivity contribution in [1.29, 1.82) is 0 Å². The maximum Gasteiger partial charge on any atom is 0.269 e. The van der Waals surface area contributed by atoms with Crippen LogP contribution < -0.4 is 4.90 Å². The summed E-state index contributed by atoms with van der Waals surface area (Å²) in [6.07, 6.45) is 3.07. The van der Waals surface area contributed by atoms with Crippen molar-refractivity contribution in [3.8, 4) is 0 Å².